The summed E-state index contributed by atoms with van der Waals surface area (Å²) in [6.45, 7) is 6.35. The Morgan fingerprint density at radius 3 is 2.48 bits per heavy atom. The number of rotatable bonds is 6. The molecule has 0 atom stereocenters. The molecule has 2 aromatic carbocycles. The molecule has 0 aliphatic carbocycles. The van der Waals surface area contributed by atoms with Crippen LogP contribution in [0.1, 0.15) is 31.9 Å². The first kappa shape index (κ1) is 19.2. The van der Waals surface area contributed by atoms with Gasteiger partial charge in [0.15, 0.2) is 0 Å². The number of hydroxylamine groups is 1. The normalized spacial score (nSPS) is 11.2. The van der Waals surface area contributed by atoms with E-state index >= 15 is 0 Å². The van der Waals surface area contributed by atoms with E-state index in [1.807, 2.05) is 57.2 Å². The van der Waals surface area contributed by atoms with E-state index in [0.717, 1.165) is 11.1 Å². The lowest BCUT2D eigenvalue weighted by molar-refractivity contribution is 0.0235. The Morgan fingerprint density at radius 2 is 1.84 bits per heavy atom. The fourth-order valence-electron chi connectivity index (χ4n) is 2.03. The van der Waals surface area contributed by atoms with Crippen molar-refractivity contribution in [3.63, 3.8) is 0 Å². The molecule has 6 heteroatoms. The second-order valence-corrected chi connectivity index (χ2v) is 6.94. The molecular weight excluding hydrogens is 340 g/mol. The third kappa shape index (κ3) is 7.13. The van der Waals surface area contributed by atoms with Gasteiger partial charge in [0.25, 0.3) is 0 Å². The maximum Gasteiger partial charge on any atom is 0.412 e. The lowest BCUT2D eigenvalue weighted by Gasteiger charge is -2.19. The van der Waals surface area contributed by atoms with Gasteiger partial charge in [-0.2, -0.15) is 5.48 Å². The first-order chi connectivity index (χ1) is 11.8. The van der Waals surface area contributed by atoms with Gasteiger partial charge in [0.05, 0.1) is 6.61 Å². The monoisotopic (exact) mass is 362 g/mol. The van der Waals surface area contributed by atoms with Crippen LogP contribution < -0.4 is 10.8 Å². The van der Waals surface area contributed by atoms with Gasteiger partial charge in [-0.25, -0.2) is 4.79 Å². The van der Waals surface area contributed by atoms with Crippen LogP contribution in [-0.4, -0.2) is 11.7 Å². The van der Waals surface area contributed by atoms with Gasteiger partial charge in [-0.1, -0.05) is 48.0 Å². The van der Waals surface area contributed by atoms with Gasteiger partial charge in [0, 0.05) is 17.3 Å². The van der Waals surface area contributed by atoms with E-state index < -0.39 is 11.7 Å². The molecule has 134 valence electrons. The molecule has 0 saturated carbocycles. The van der Waals surface area contributed by atoms with E-state index in [-0.39, 0.29) is 0 Å². The molecule has 2 N–H and O–H groups in total. The zero-order valence-corrected chi connectivity index (χ0v) is 15.4. The van der Waals surface area contributed by atoms with Crippen molar-refractivity contribution in [2.45, 2.75) is 39.5 Å². The summed E-state index contributed by atoms with van der Waals surface area (Å²) in [7, 11) is 0. The zero-order valence-electron chi connectivity index (χ0n) is 14.6. The van der Waals surface area contributed by atoms with Crippen molar-refractivity contribution in [2.24, 2.45) is 0 Å². The Bertz CT molecular complexity index is 700. The maximum atomic E-state index is 11.8. The van der Waals surface area contributed by atoms with Crippen LogP contribution in [0.2, 0.25) is 5.02 Å². The Labute approximate surface area is 153 Å². The fraction of sp³-hybridized carbons (Fsp3) is 0.316. The van der Waals surface area contributed by atoms with E-state index in [9.17, 15) is 4.79 Å². The second kappa shape index (κ2) is 8.85. The molecule has 0 bridgehead atoms. The van der Waals surface area contributed by atoms with Crippen LogP contribution in [0.4, 0.5) is 10.5 Å². The van der Waals surface area contributed by atoms with E-state index in [1.165, 1.54) is 0 Å². The number of halogens is 1. The summed E-state index contributed by atoms with van der Waals surface area (Å²) in [5, 5.41) is 3.19. The minimum Gasteiger partial charge on any atom is -0.444 e. The van der Waals surface area contributed by atoms with E-state index in [0.29, 0.717) is 23.9 Å². The zero-order chi connectivity index (χ0) is 18.3. The van der Waals surface area contributed by atoms with Gasteiger partial charge in [0.1, 0.15) is 5.60 Å². The quantitative estimate of drug-likeness (QED) is 0.566. The predicted octanol–water partition coefficient (Wildman–Crippen LogP) is 4.91. The van der Waals surface area contributed by atoms with Crippen LogP contribution in [0.3, 0.4) is 0 Å². The lowest BCUT2D eigenvalue weighted by Crippen LogP contribution is -2.27. The summed E-state index contributed by atoms with van der Waals surface area (Å²) >= 11 is 6.25. The number of hydrogen-bond acceptors (Lipinski definition) is 4. The molecular formula is C19H23ClN2O3. The number of carbonyl (C=O) groups is 1. The average molecular weight is 363 g/mol. The molecule has 5 nitrogen and oxygen atoms in total. The van der Waals surface area contributed by atoms with Gasteiger partial charge >= 0.3 is 6.09 Å². The highest BCUT2D eigenvalue weighted by Crippen LogP contribution is 2.21. The minimum absolute atomic E-state index is 0.457. The first-order valence-electron chi connectivity index (χ1n) is 8.00. The minimum atomic E-state index is -0.548. The van der Waals surface area contributed by atoms with Gasteiger partial charge in [-0.15, -0.1) is 0 Å². The summed E-state index contributed by atoms with van der Waals surface area (Å²) in [6.07, 6.45) is -0.513. The molecule has 0 spiro atoms. The molecule has 0 aromatic heterocycles. The molecule has 2 aromatic rings. The van der Waals surface area contributed by atoms with Crippen molar-refractivity contribution >= 4 is 23.4 Å². The summed E-state index contributed by atoms with van der Waals surface area (Å²) in [4.78, 5) is 17.2. The van der Waals surface area contributed by atoms with Crippen molar-refractivity contribution in [3.05, 3.63) is 64.7 Å². The molecule has 0 heterocycles. The molecule has 0 fully saturated rings. The van der Waals surface area contributed by atoms with Crippen LogP contribution in [0, 0.1) is 0 Å². The van der Waals surface area contributed by atoms with Crippen LogP contribution >= 0.6 is 11.6 Å². The lowest BCUT2D eigenvalue weighted by atomic mass is 10.2. The molecule has 25 heavy (non-hydrogen) atoms. The summed E-state index contributed by atoms with van der Waals surface area (Å²) < 4.78 is 5.21. The average Bonchev–Trinajstić information content (AvgIpc) is 2.52. The molecule has 0 unspecified atom stereocenters. The topological polar surface area (TPSA) is 59.6 Å². The second-order valence-electron chi connectivity index (χ2n) is 6.53. The van der Waals surface area contributed by atoms with Gasteiger partial charge in [0.2, 0.25) is 0 Å². The van der Waals surface area contributed by atoms with Gasteiger partial charge in [-0.3, -0.25) is 10.2 Å². The van der Waals surface area contributed by atoms with Gasteiger partial charge in [-0.05, 0) is 44.0 Å². The number of nitrogens with one attached hydrogen (secondary N) is 2. The summed E-state index contributed by atoms with van der Waals surface area (Å²) in [5.41, 5.74) is 4.86. The first-order valence-corrected chi connectivity index (χ1v) is 8.38. The highest BCUT2D eigenvalue weighted by atomic mass is 35.5. The SMILES string of the molecule is CC(C)(C)OC(=O)Nc1ccc(CNOCc2ccccc2)c(Cl)c1. The molecule has 0 saturated heterocycles. The van der Waals surface area contributed by atoms with Crippen molar-refractivity contribution in [1.29, 1.82) is 0 Å². The van der Waals surface area contributed by atoms with Crippen molar-refractivity contribution in [3.8, 4) is 0 Å². The van der Waals surface area contributed by atoms with Crippen molar-refractivity contribution < 1.29 is 14.4 Å². The van der Waals surface area contributed by atoms with E-state index in [1.54, 1.807) is 12.1 Å². The summed E-state index contributed by atoms with van der Waals surface area (Å²) in [5.74, 6) is 0. The maximum absolute atomic E-state index is 11.8. The highest BCUT2D eigenvalue weighted by molar-refractivity contribution is 6.31. The fourth-order valence-corrected chi connectivity index (χ4v) is 2.27. The third-order valence-corrected chi connectivity index (χ3v) is 3.50. The summed E-state index contributed by atoms with van der Waals surface area (Å²) in [6, 6.07) is 15.1. The Morgan fingerprint density at radius 1 is 1.12 bits per heavy atom. The predicted molar refractivity (Wildman–Crippen MR) is 99.4 cm³/mol. The number of ether oxygens (including phenoxy) is 1. The Kier molecular flexibility index (Phi) is 6.82. The highest BCUT2D eigenvalue weighted by Gasteiger charge is 2.16. The van der Waals surface area contributed by atoms with Gasteiger partial charge < -0.3 is 4.74 Å². The van der Waals surface area contributed by atoms with E-state index in [2.05, 4.69) is 10.8 Å². The third-order valence-electron chi connectivity index (χ3n) is 3.14. The number of hydrogen-bond donors (Lipinski definition) is 2. The van der Waals surface area contributed by atoms with Crippen LogP contribution in [0.5, 0.6) is 0 Å². The van der Waals surface area contributed by atoms with Crippen LogP contribution in [-0.2, 0) is 22.7 Å². The molecule has 0 aliphatic heterocycles. The Hall–Kier alpha value is -2.08. The standard InChI is InChI=1S/C19H23ClN2O3/c1-19(2,3)25-18(23)22-16-10-9-15(17(20)11-16)12-21-24-13-14-7-5-4-6-8-14/h4-11,21H,12-13H2,1-3H3,(H,22,23). The van der Waals surface area contributed by atoms with Crippen molar-refractivity contribution in [1.82, 2.24) is 5.48 Å². The van der Waals surface area contributed by atoms with Crippen LogP contribution in [0.25, 0.3) is 0 Å². The molecule has 1 amide bonds. The molecule has 0 aliphatic rings. The smallest absolute Gasteiger partial charge is 0.412 e. The largest absolute Gasteiger partial charge is 0.444 e. The number of benzene rings is 2. The number of carbonyl (C=O) groups excluding carboxylic acids is 1. The Balaban J connectivity index is 1.81. The van der Waals surface area contributed by atoms with Crippen LogP contribution in [0.15, 0.2) is 48.5 Å². The molecule has 0 radical (unpaired) electrons. The van der Waals surface area contributed by atoms with E-state index in [4.69, 9.17) is 21.2 Å². The number of amides is 1. The number of anilines is 1. The van der Waals surface area contributed by atoms with Crippen molar-refractivity contribution in [2.75, 3.05) is 5.32 Å². The molecule has 2 rings (SSSR count).